The first-order valence-electron chi connectivity index (χ1n) is 6.78. The van der Waals surface area contributed by atoms with Crippen LogP contribution in [0.3, 0.4) is 0 Å². The highest BCUT2D eigenvalue weighted by Crippen LogP contribution is 2.23. The maximum atomic E-state index is 6.16. The van der Waals surface area contributed by atoms with Crippen molar-refractivity contribution in [2.24, 2.45) is 5.92 Å². The quantitative estimate of drug-likeness (QED) is 0.881. The standard InChI is InChI=1S/C16H22N2/c1-4-5-12-6-7-16-14(9-12)15(17)10-13(18-16)8-11(2)3/h6-7,9-11H,4-5,8H2,1-3H3,(H2,17,18). The average molecular weight is 242 g/mol. The number of fused-ring (bicyclic) bond motifs is 1. The van der Waals surface area contributed by atoms with Gasteiger partial charge in [0.1, 0.15) is 0 Å². The van der Waals surface area contributed by atoms with E-state index in [1.54, 1.807) is 0 Å². The number of benzene rings is 1. The number of hydrogen-bond donors (Lipinski definition) is 1. The molecule has 0 saturated heterocycles. The van der Waals surface area contributed by atoms with Crippen LogP contribution in [0.25, 0.3) is 10.9 Å². The minimum absolute atomic E-state index is 0.605. The Balaban J connectivity index is 2.44. The molecule has 0 radical (unpaired) electrons. The average Bonchev–Trinajstić information content (AvgIpc) is 2.29. The van der Waals surface area contributed by atoms with Gasteiger partial charge < -0.3 is 5.73 Å². The van der Waals surface area contributed by atoms with E-state index in [0.717, 1.165) is 41.5 Å². The Morgan fingerprint density at radius 3 is 2.67 bits per heavy atom. The van der Waals surface area contributed by atoms with E-state index in [1.807, 2.05) is 6.07 Å². The normalized spacial score (nSPS) is 11.3. The highest BCUT2D eigenvalue weighted by atomic mass is 14.7. The molecule has 2 aromatic rings. The van der Waals surface area contributed by atoms with Gasteiger partial charge in [-0.15, -0.1) is 0 Å². The molecule has 0 unspecified atom stereocenters. The SMILES string of the molecule is CCCc1ccc2nc(CC(C)C)cc(N)c2c1. The molecule has 18 heavy (non-hydrogen) atoms. The third-order valence-corrected chi connectivity index (χ3v) is 3.11. The lowest BCUT2D eigenvalue weighted by Gasteiger charge is -2.09. The molecular formula is C16H22N2. The zero-order chi connectivity index (χ0) is 13.1. The van der Waals surface area contributed by atoms with E-state index in [1.165, 1.54) is 5.56 Å². The van der Waals surface area contributed by atoms with Crippen molar-refractivity contribution in [3.05, 3.63) is 35.5 Å². The van der Waals surface area contributed by atoms with E-state index in [4.69, 9.17) is 10.7 Å². The predicted octanol–water partition coefficient (Wildman–Crippen LogP) is 3.97. The first kappa shape index (κ1) is 12.9. The minimum Gasteiger partial charge on any atom is -0.398 e. The van der Waals surface area contributed by atoms with Crippen LogP contribution in [0.2, 0.25) is 0 Å². The minimum atomic E-state index is 0.605. The molecule has 1 aromatic carbocycles. The molecule has 2 rings (SSSR count). The third kappa shape index (κ3) is 2.81. The summed E-state index contributed by atoms with van der Waals surface area (Å²) in [5.41, 5.74) is 10.5. The number of rotatable bonds is 4. The molecule has 0 aliphatic carbocycles. The van der Waals surface area contributed by atoms with E-state index < -0.39 is 0 Å². The second-order valence-corrected chi connectivity index (χ2v) is 5.40. The lowest BCUT2D eigenvalue weighted by Crippen LogP contribution is -2.00. The fraction of sp³-hybridized carbons (Fsp3) is 0.438. The summed E-state index contributed by atoms with van der Waals surface area (Å²) in [6.45, 7) is 6.59. The van der Waals surface area contributed by atoms with Gasteiger partial charge in [0.15, 0.2) is 0 Å². The van der Waals surface area contributed by atoms with E-state index in [0.29, 0.717) is 5.92 Å². The van der Waals surface area contributed by atoms with Gasteiger partial charge in [-0.1, -0.05) is 33.3 Å². The molecule has 0 aliphatic rings. The Labute approximate surface area is 109 Å². The summed E-state index contributed by atoms with van der Waals surface area (Å²) in [6, 6.07) is 8.47. The summed E-state index contributed by atoms with van der Waals surface area (Å²) >= 11 is 0. The summed E-state index contributed by atoms with van der Waals surface area (Å²) in [4.78, 5) is 4.70. The summed E-state index contributed by atoms with van der Waals surface area (Å²) in [6.07, 6.45) is 3.24. The van der Waals surface area contributed by atoms with Crippen molar-refractivity contribution < 1.29 is 0 Å². The fourth-order valence-electron chi connectivity index (χ4n) is 2.32. The lowest BCUT2D eigenvalue weighted by molar-refractivity contribution is 0.637. The second-order valence-electron chi connectivity index (χ2n) is 5.40. The Hall–Kier alpha value is -1.57. The number of aryl methyl sites for hydroxylation is 1. The van der Waals surface area contributed by atoms with Crippen LogP contribution in [-0.2, 0) is 12.8 Å². The van der Waals surface area contributed by atoms with Crippen molar-refractivity contribution in [1.29, 1.82) is 0 Å². The van der Waals surface area contributed by atoms with Gasteiger partial charge in [0.25, 0.3) is 0 Å². The van der Waals surface area contributed by atoms with E-state index >= 15 is 0 Å². The third-order valence-electron chi connectivity index (χ3n) is 3.11. The lowest BCUT2D eigenvalue weighted by atomic mass is 10.0. The van der Waals surface area contributed by atoms with Crippen molar-refractivity contribution in [2.75, 3.05) is 5.73 Å². The number of aromatic nitrogens is 1. The van der Waals surface area contributed by atoms with Crippen LogP contribution in [0.15, 0.2) is 24.3 Å². The smallest absolute Gasteiger partial charge is 0.0726 e. The Morgan fingerprint density at radius 1 is 1.22 bits per heavy atom. The zero-order valence-corrected chi connectivity index (χ0v) is 11.5. The van der Waals surface area contributed by atoms with Crippen molar-refractivity contribution in [2.45, 2.75) is 40.0 Å². The maximum Gasteiger partial charge on any atom is 0.0726 e. The molecule has 96 valence electrons. The second kappa shape index (κ2) is 5.38. The van der Waals surface area contributed by atoms with Gasteiger partial charge in [0.05, 0.1) is 5.52 Å². The molecule has 2 nitrogen and oxygen atoms in total. The first-order valence-corrected chi connectivity index (χ1v) is 6.78. The highest BCUT2D eigenvalue weighted by Gasteiger charge is 2.06. The number of hydrogen-bond acceptors (Lipinski definition) is 2. The molecule has 1 heterocycles. The summed E-state index contributed by atoms with van der Waals surface area (Å²) < 4.78 is 0. The molecule has 1 aromatic heterocycles. The highest BCUT2D eigenvalue weighted by molar-refractivity contribution is 5.90. The fourth-order valence-corrected chi connectivity index (χ4v) is 2.32. The number of nitrogens with two attached hydrogens (primary N) is 1. The molecule has 0 atom stereocenters. The Morgan fingerprint density at radius 2 is 2.00 bits per heavy atom. The molecule has 0 aliphatic heterocycles. The Bertz CT molecular complexity index is 544. The number of nitrogen functional groups attached to an aromatic ring is 1. The number of nitrogens with zero attached hydrogens (tertiary/aromatic N) is 1. The van der Waals surface area contributed by atoms with Crippen LogP contribution in [0, 0.1) is 5.92 Å². The monoisotopic (exact) mass is 242 g/mol. The van der Waals surface area contributed by atoms with Crippen molar-refractivity contribution in [3.8, 4) is 0 Å². The molecule has 0 amide bonds. The van der Waals surface area contributed by atoms with Gasteiger partial charge in [-0.25, -0.2) is 0 Å². The van der Waals surface area contributed by atoms with E-state index in [2.05, 4.69) is 39.0 Å². The maximum absolute atomic E-state index is 6.16. The largest absolute Gasteiger partial charge is 0.398 e. The van der Waals surface area contributed by atoms with Gasteiger partial charge in [0.2, 0.25) is 0 Å². The van der Waals surface area contributed by atoms with Gasteiger partial charge in [0, 0.05) is 16.8 Å². The van der Waals surface area contributed by atoms with Crippen LogP contribution in [0.1, 0.15) is 38.4 Å². The van der Waals surface area contributed by atoms with Crippen LogP contribution >= 0.6 is 0 Å². The zero-order valence-electron chi connectivity index (χ0n) is 11.5. The van der Waals surface area contributed by atoms with Crippen LogP contribution in [0.4, 0.5) is 5.69 Å². The molecule has 0 saturated carbocycles. The molecule has 2 heteroatoms. The number of anilines is 1. The van der Waals surface area contributed by atoms with E-state index in [-0.39, 0.29) is 0 Å². The van der Waals surface area contributed by atoms with Crippen LogP contribution < -0.4 is 5.73 Å². The first-order chi connectivity index (χ1) is 8.60. The summed E-state index contributed by atoms with van der Waals surface area (Å²) in [5.74, 6) is 0.605. The van der Waals surface area contributed by atoms with E-state index in [9.17, 15) is 0 Å². The van der Waals surface area contributed by atoms with Crippen LogP contribution in [0.5, 0.6) is 0 Å². The van der Waals surface area contributed by atoms with Crippen LogP contribution in [-0.4, -0.2) is 4.98 Å². The molecular weight excluding hydrogens is 220 g/mol. The molecule has 0 spiro atoms. The molecule has 0 fully saturated rings. The van der Waals surface area contributed by atoms with Crippen molar-refractivity contribution >= 4 is 16.6 Å². The Kier molecular flexibility index (Phi) is 3.85. The molecule has 0 bridgehead atoms. The van der Waals surface area contributed by atoms with Gasteiger partial charge >= 0.3 is 0 Å². The van der Waals surface area contributed by atoms with Crippen molar-refractivity contribution in [1.82, 2.24) is 4.98 Å². The molecule has 2 N–H and O–H groups in total. The number of pyridine rings is 1. The topological polar surface area (TPSA) is 38.9 Å². The van der Waals surface area contributed by atoms with Gasteiger partial charge in [-0.05, 0) is 42.5 Å². The predicted molar refractivity (Wildman–Crippen MR) is 78.7 cm³/mol. The van der Waals surface area contributed by atoms with Gasteiger partial charge in [-0.2, -0.15) is 0 Å². The van der Waals surface area contributed by atoms with Gasteiger partial charge in [-0.3, -0.25) is 4.98 Å². The summed E-state index contributed by atoms with van der Waals surface area (Å²) in [7, 11) is 0. The summed E-state index contributed by atoms with van der Waals surface area (Å²) in [5, 5.41) is 1.09. The van der Waals surface area contributed by atoms with Crippen molar-refractivity contribution in [3.63, 3.8) is 0 Å².